The molecule has 17 heteroatoms. The molecule has 1 spiro atoms. The molecule has 0 saturated carbocycles. The molecule has 6 aliphatic heterocycles. The Hall–Kier alpha value is -2.17. The molecule has 0 amide bonds. The summed E-state index contributed by atoms with van der Waals surface area (Å²) in [5.41, 5.74) is -0.166. The predicted molar refractivity (Wildman–Crippen MR) is 250 cm³/mol. The van der Waals surface area contributed by atoms with Gasteiger partial charge in [-0.2, -0.15) is 0 Å². The molecule has 5 fully saturated rings. The Morgan fingerprint density at radius 1 is 0.913 bits per heavy atom. The Kier molecular flexibility index (Phi) is 19.2. The van der Waals surface area contributed by atoms with Crippen LogP contribution in [0.15, 0.2) is 47.1 Å². The molecular formula is C52H82O17. The van der Waals surface area contributed by atoms with E-state index in [1.165, 1.54) is 0 Å². The summed E-state index contributed by atoms with van der Waals surface area (Å²) >= 11 is 0. The van der Waals surface area contributed by atoms with E-state index in [4.69, 9.17) is 61.6 Å². The van der Waals surface area contributed by atoms with Crippen LogP contribution in [0.4, 0.5) is 0 Å². The van der Waals surface area contributed by atoms with Gasteiger partial charge in [0.2, 0.25) is 0 Å². The van der Waals surface area contributed by atoms with Crippen molar-refractivity contribution >= 4 is 5.97 Å². The first-order valence-electron chi connectivity index (χ1n) is 25.4. The van der Waals surface area contributed by atoms with Gasteiger partial charge in [-0.1, -0.05) is 64.5 Å². The van der Waals surface area contributed by atoms with Crippen LogP contribution in [0.25, 0.3) is 0 Å². The van der Waals surface area contributed by atoms with Crippen LogP contribution >= 0.6 is 0 Å². The van der Waals surface area contributed by atoms with Gasteiger partial charge in [0.15, 0.2) is 18.4 Å². The van der Waals surface area contributed by atoms with Crippen molar-refractivity contribution in [2.45, 2.75) is 197 Å². The number of rotatable bonds is 15. The highest BCUT2D eigenvalue weighted by Gasteiger charge is 2.61. The van der Waals surface area contributed by atoms with E-state index in [9.17, 15) is 20.1 Å². The van der Waals surface area contributed by atoms with Crippen molar-refractivity contribution in [3.8, 4) is 0 Å². The molecule has 6 heterocycles. The third-order valence-electron chi connectivity index (χ3n) is 15.7. The molecule has 20 atom stereocenters. The molecule has 0 aromatic carbocycles. The van der Waals surface area contributed by atoms with Crippen LogP contribution < -0.4 is 0 Å². The zero-order valence-corrected chi connectivity index (χ0v) is 42.5. The lowest BCUT2D eigenvalue weighted by molar-refractivity contribution is -0.340. The standard InChI is InChI=1S/C52H82O17/c1-11-29(2)47-32(5)17-18-51(69-47)25-38-22-37(68-51)16-15-31(4)46(66-43-24-41(59-10)48(34(7)64-43)67-42-23-40(58-9)44(53)33(6)63-42)30(3)13-12-14-36-27-62-49-45(54)35(26-61-28-60-20-19-57-8)21-39(50(55)65-38)52(36,49)56/h12-15,21,29-30,32-34,37-49,53-54,56H,11,16-20,22-28H2,1-10H3/b13-12+,31-15+,36-14+/t29-,30-,32-,33-,34-,37+,38-,39-,40-,41-,42-,43-,44-,45+,46-,47+,48-,49+,51+,52+/m0/s1. The Balaban J connectivity index is 1.18. The molecule has 69 heavy (non-hydrogen) atoms. The molecule has 3 N–H and O–H groups in total. The number of allylic oxidation sites excluding steroid dienone is 2. The van der Waals surface area contributed by atoms with Crippen LogP contribution in [-0.2, 0) is 66.4 Å². The minimum absolute atomic E-state index is 0.0276. The quantitative estimate of drug-likeness (QED) is 0.0835. The van der Waals surface area contributed by atoms with Crippen LogP contribution in [0, 0.1) is 23.7 Å². The lowest BCUT2D eigenvalue weighted by Crippen LogP contribution is -2.59. The van der Waals surface area contributed by atoms with Crippen molar-refractivity contribution in [2.24, 2.45) is 23.7 Å². The van der Waals surface area contributed by atoms with Crippen molar-refractivity contribution in [3.05, 3.63) is 47.1 Å². The van der Waals surface area contributed by atoms with Crippen LogP contribution in [-0.4, -0.2) is 173 Å². The van der Waals surface area contributed by atoms with E-state index in [0.717, 1.165) is 18.4 Å². The third-order valence-corrected chi connectivity index (χ3v) is 15.7. The second-order valence-electron chi connectivity index (χ2n) is 20.6. The maximum Gasteiger partial charge on any atom is 0.316 e. The second kappa shape index (κ2) is 24.2. The van der Waals surface area contributed by atoms with Gasteiger partial charge in [0.25, 0.3) is 0 Å². The zero-order chi connectivity index (χ0) is 49.6. The summed E-state index contributed by atoms with van der Waals surface area (Å²) in [6, 6.07) is 0. The molecule has 1 aliphatic carbocycles. The lowest BCUT2D eigenvalue weighted by Gasteiger charge is -2.51. The summed E-state index contributed by atoms with van der Waals surface area (Å²) in [4.78, 5) is 14.7. The van der Waals surface area contributed by atoms with Gasteiger partial charge in [-0.3, -0.25) is 4.79 Å². The van der Waals surface area contributed by atoms with Crippen LogP contribution in [0.2, 0.25) is 0 Å². The van der Waals surface area contributed by atoms with Gasteiger partial charge in [-0.15, -0.1) is 0 Å². The van der Waals surface area contributed by atoms with E-state index in [2.05, 4.69) is 33.8 Å². The van der Waals surface area contributed by atoms with Crippen molar-refractivity contribution in [2.75, 3.05) is 54.5 Å². The highest BCUT2D eigenvalue weighted by molar-refractivity contribution is 5.78. The van der Waals surface area contributed by atoms with Crippen LogP contribution in [0.1, 0.15) is 99.8 Å². The average Bonchev–Trinajstić information content (AvgIpc) is 3.67. The third kappa shape index (κ3) is 12.4. The summed E-state index contributed by atoms with van der Waals surface area (Å²) in [5.74, 6) is -2.45. The fraction of sp³-hybridized carbons (Fsp3) is 0.827. The highest BCUT2D eigenvalue weighted by atomic mass is 16.7. The fourth-order valence-corrected chi connectivity index (χ4v) is 11.4. The lowest BCUT2D eigenvalue weighted by atomic mass is 9.70. The number of esters is 1. The zero-order valence-electron chi connectivity index (χ0n) is 42.5. The molecule has 2 bridgehead atoms. The summed E-state index contributed by atoms with van der Waals surface area (Å²) < 4.78 is 80.6. The first kappa shape index (κ1) is 54.6. The molecule has 7 rings (SSSR count). The molecule has 17 nitrogen and oxygen atoms in total. The summed E-state index contributed by atoms with van der Waals surface area (Å²) in [6.45, 7) is 15.0. The van der Waals surface area contributed by atoms with E-state index in [1.54, 1.807) is 40.4 Å². The maximum atomic E-state index is 14.7. The summed E-state index contributed by atoms with van der Waals surface area (Å²) in [7, 11) is 4.80. The molecule has 392 valence electrons. The summed E-state index contributed by atoms with van der Waals surface area (Å²) in [5, 5.41) is 35.1. The fourth-order valence-electron chi connectivity index (χ4n) is 11.4. The minimum atomic E-state index is -1.93. The SMILES string of the molecule is CC[C@H](C)[C@H]1O[C@]2(CC[C@@H]1C)C[C@@H]1C[C@@H](C/C=C(\C)[C@@H](O[C@H]3C[C@H](OC)[C@@H](O[C@H]4C[C@H](OC)[C@@H](O)[C@H](C)O4)[C@H](C)O3)[C@@H](C)/C=C/C=C3\CO[C@@H]4[C@H](O)C(COCOCCOC)=C[C@@H](C(=O)O1)[C@]34O)O2. The van der Waals surface area contributed by atoms with E-state index in [0.29, 0.717) is 68.8 Å². The number of aliphatic hydroxyl groups excluding tert-OH is 2. The number of methoxy groups -OCH3 is 3. The van der Waals surface area contributed by atoms with Gasteiger partial charge < -0.3 is 76.9 Å². The number of ether oxygens (including phenoxy) is 13. The normalized spacial score (nSPS) is 45.6. The number of hydrogen-bond acceptors (Lipinski definition) is 17. The molecule has 7 aliphatic rings. The Morgan fingerprint density at radius 2 is 1.65 bits per heavy atom. The molecule has 0 radical (unpaired) electrons. The maximum absolute atomic E-state index is 14.7. The molecule has 0 unspecified atom stereocenters. The second-order valence-corrected chi connectivity index (χ2v) is 20.6. The molecule has 0 aromatic rings. The van der Waals surface area contributed by atoms with Crippen molar-refractivity contribution < 1.29 is 81.7 Å². The number of fused-ring (bicyclic) bond motifs is 2. The molecule has 5 saturated heterocycles. The minimum Gasteiger partial charge on any atom is -0.462 e. The first-order chi connectivity index (χ1) is 33.0. The average molecular weight is 979 g/mol. The Labute approximate surface area is 409 Å². The van der Waals surface area contributed by atoms with Gasteiger partial charge in [0.1, 0.15) is 48.8 Å². The monoisotopic (exact) mass is 979 g/mol. The van der Waals surface area contributed by atoms with Crippen LogP contribution in [0.3, 0.4) is 0 Å². The highest BCUT2D eigenvalue weighted by Crippen LogP contribution is 2.48. The topological polar surface area (TPSA) is 198 Å². The van der Waals surface area contributed by atoms with Gasteiger partial charge >= 0.3 is 5.97 Å². The van der Waals surface area contributed by atoms with E-state index >= 15 is 0 Å². The van der Waals surface area contributed by atoms with Gasteiger partial charge in [0, 0.05) is 59.4 Å². The Bertz CT molecular complexity index is 1800. The largest absolute Gasteiger partial charge is 0.462 e. The van der Waals surface area contributed by atoms with E-state index in [-0.39, 0.29) is 44.1 Å². The van der Waals surface area contributed by atoms with Crippen molar-refractivity contribution in [3.63, 3.8) is 0 Å². The predicted octanol–water partition coefficient (Wildman–Crippen LogP) is 5.22. The first-order valence-corrected chi connectivity index (χ1v) is 25.4. The van der Waals surface area contributed by atoms with Gasteiger partial charge in [-0.05, 0) is 62.2 Å². The Morgan fingerprint density at radius 3 is 2.39 bits per heavy atom. The van der Waals surface area contributed by atoms with Gasteiger partial charge in [-0.25, -0.2) is 0 Å². The number of aliphatic hydroxyl groups is 3. The van der Waals surface area contributed by atoms with E-state index in [1.807, 2.05) is 26.0 Å². The van der Waals surface area contributed by atoms with Crippen LogP contribution in [0.5, 0.6) is 0 Å². The molecular weight excluding hydrogens is 897 g/mol. The number of hydrogen-bond donors (Lipinski definition) is 3. The number of carbonyl (C=O) groups excluding carboxylic acids is 1. The van der Waals surface area contributed by atoms with E-state index < -0.39 is 96.9 Å². The smallest absolute Gasteiger partial charge is 0.316 e. The molecule has 0 aromatic heterocycles. The number of carbonyl (C=O) groups is 1. The summed E-state index contributed by atoms with van der Waals surface area (Å²) in [6.07, 6.45) is 5.52. The van der Waals surface area contributed by atoms with Crippen molar-refractivity contribution in [1.29, 1.82) is 0 Å². The van der Waals surface area contributed by atoms with Crippen molar-refractivity contribution in [1.82, 2.24) is 0 Å². The van der Waals surface area contributed by atoms with Gasteiger partial charge in [0.05, 0.1) is 69.2 Å².